The standard InChI is InChI=1S/C14H4F2N2S3.6CH4.2Sn/c15-11-9(7-3-1-5-19-7)13-14(18-21-17-13)10(12(11)16)8-4-2-6-20-8;;;;;;;;/h1-4H;6*1H4;;. The van der Waals surface area contributed by atoms with Gasteiger partial charge >= 0.3 is 0 Å². The molecule has 0 spiro atoms. The zero-order chi connectivity index (χ0) is 14.4. The van der Waals surface area contributed by atoms with Crippen molar-refractivity contribution in [2.75, 3.05) is 0 Å². The molecule has 158 valence electrons. The van der Waals surface area contributed by atoms with Crippen LogP contribution in [0.25, 0.3) is 20.8 Å². The maximum Gasteiger partial charge on any atom is 0.170 e. The number of hydrogen-bond donors (Lipinski definition) is 0. The van der Waals surface area contributed by atoms with Crippen molar-refractivity contribution in [1.82, 2.24) is 8.75 Å². The Hall–Kier alpha value is -0.283. The second kappa shape index (κ2) is 16.4. The second-order valence-corrected chi connectivity index (χ2v) is 6.46. The number of allylic oxidation sites excluding steroid dienone is 2. The first-order chi connectivity index (χ1) is 10.3. The number of fused-ring (bicyclic) bond motifs is 1. The fourth-order valence-corrected chi connectivity index (χ4v) is 4.08. The first-order valence-corrected chi connectivity index (χ1v) is 8.19. The molecule has 2 nitrogen and oxygen atoms in total. The van der Waals surface area contributed by atoms with E-state index in [-0.39, 0.29) is 103 Å². The molecule has 0 fully saturated rings. The summed E-state index contributed by atoms with van der Waals surface area (Å²) in [6.07, 6.45) is 6.73. The summed E-state index contributed by atoms with van der Waals surface area (Å²) in [5.41, 5.74) is 0.774. The Bertz CT molecular complexity index is 1040. The molecule has 0 unspecified atom stereocenters. The summed E-state index contributed by atoms with van der Waals surface area (Å²) >= 11 is 3.39. The molecule has 0 saturated heterocycles. The van der Waals surface area contributed by atoms with Crippen molar-refractivity contribution in [2.24, 2.45) is 0 Å². The molecule has 0 bridgehead atoms. The summed E-state index contributed by atoms with van der Waals surface area (Å²) in [5, 5.41) is 6.08. The van der Waals surface area contributed by atoms with E-state index >= 15 is 0 Å². The van der Waals surface area contributed by atoms with Crippen LogP contribution < -0.4 is 10.4 Å². The third-order valence-electron chi connectivity index (χ3n) is 3.03. The van der Waals surface area contributed by atoms with E-state index in [1.807, 2.05) is 0 Å². The van der Waals surface area contributed by atoms with E-state index in [0.717, 1.165) is 11.7 Å². The van der Waals surface area contributed by atoms with Gasteiger partial charge in [0.1, 0.15) is 11.0 Å². The van der Waals surface area contributed by atoms with Gasteiger partial charge in [0, 0.05) is 57.6 Å². The number of hydrogen-bond acceptors (Lipinski definition) is 3. The van der Waals surface area contributed by atoms with Crippen molar-refractivity contribution >= 4 is 103 Å². The summed E-state index contributed by atoms with van der Waals surface area (Å²) in [7, 11) is 0. The first-order valence-electron chi connectivity index (χ1n) is 5.83. The van der Waals surface area contributed by atoms with Gasteiger partial charge in [0.25, 0.3) is 0 Å². The number of nitrogens with zero attached hydrogens (tertiary/aromatic N) is 2. The summed E-state index contributed by atoms with van der Waals surface area (Å²) in [6, 6.07) is 0. The van der Waals surface area contributed by atoms with Gasteiger partial charge in [-0.3, -0.25) is 0 Å². The molecular formula is C20H28F2N2S3Sn2. The van der Waals surface area contributed by atoms with E-state index < -0.39 is 11.6 Å². The summed E-state index contributed by atoms with van der Waals surface area (Å²) < 4.78 is 37.5. The molecule has 1 aromatic heterocycles. The van der Waals surface area contributed by atoms with Crippen LogP contribution in [0.1, 0.15) is 44.6 Å². The minimum atomic E-state index is -0.894. The second-order valence-electron chi connectivity index (χ2n) is 4.17. The van der Waals surface area contributed by atoms with Crippen molar-refractivity contribution in [3.8, 4) is 10.4 Å². The molecule has 2 aliphatic heterocycles. The summed E-state index contributed by atoms with van der Waals surface area (Å²) in [6.45, 7) is 0. The smallest absolute Gasteiger partial charge is 0.170 e. The topological polar surface area (TPSA) is 25.8 Å². The average molecular weight is 668 g/mol. The van der Waals surface area contributed by atoms with Gasteiger partial charge in [0.2, 0.25) is 0 Å². The largest absolute Gasteiger partial charge is 0.203 e. The van der Waals surface area contributed by atoms with E-state index in [1.54, 1.807) is 24.3 Å². The fraction of sp³-hybridized carbons (Fsp3) is 0.300. The van der Waals surface area contributed by atoms with Crippen LogP contribution in [0.5, 0.6) is 0 Å². The Labute approximate surface area is 219 Å². The zero-order valence-corrected chi connectivity index (χ0v) is 19.3. The summed E-state index contributed by atoms with van der Waals surface area (Å²) in [4.78, 5) is 1.18. The molecule has 0 atom stereocenters. The Morgan fingerprint density at radius 1 is 0.655 bits per heavy atom. The predicted molar refractivity (Wildman–Crippen MR) is 137 cm³/mol. The molecule has 2 aromatic rings. The number of halogens is 2. The molecule has 0 amide bonds. The van der Waals surface area contributed by atoms with Crippen LogP contribution in [0, 0.1) is 22.0 Å². The van der Waals surface area contributed by atoms with E-state index in [1.165, 1.54) is 22.3 Å². The van der Waals surface area contributed by atoms with Crippen LogP contribution in [-0.4, -0.2) is 56.6 Å². The molecule has 2 aliphatic rings. The number of rotatable bonds is 0. The molecule has 0 N–H and O–H groups in total. The van der Waals surface area contributed by atoms with Crippen LogP contribution in [0.3, 0.4) is 0 Å². The normalized spacial score (nSPS) is 14.8. The Morgan fingerprint density at radius 3 is 1.28 bits per heavy atom. The molecule has 1 aromatic carbocycles. The third-order valence-corrected chi connectivity index (χ3v) is 5.19. The van der Waals surface area contributed by atoms with Gasteiger partial charge in [-0.2, -0.15) is 8.75 Å². The van der Waals surface area contributed by atoms with Gasteiger partial charge in [-0.1, -0.05) is 77.3 Å². The minimum Gasteiger partial charge on any atom is -0.203 e. The molecule has 4 rings (SSSR count). The van der Waals surface area contributed by atoms with Gasteiger partial charge in [-0.05, 0) is 24.3 Å². The van der Waals surface area contributed by atoms with Gasteiger partial charge in [-0.25, -0.2) is 8.78 Å². The van der Waals surface area contributed by atoms with Crippen molar-refractivity contribution in [1.29, 1.82) is 0 Å². The van der Waals surface area contributed by atoms with Gasteiger partial charge in [0.05, 0.1) is 22.2 Å². The van der Waals surface area contributed by atoms with Crippen molar-refractivity contribution in [3.05, 3.63) is 46.4 Å². The van der Waals surface area contributed by atoms with E-state index in [4.69, 9.17) is 0 Å². The number of benzene rings is 1. The average Bonchev–Trinajstić information content (AvgIpc) is 3.21. The molecule has 8 radical (unpaired) electrons. The molecule has 9 heteroatoms. The van der Waals surface area contributed by atoms with Crippen molar-refractivity contribution < 1.29 is 8.78 Å². The van der Waals surface area contributed by atoms with Gasteiger partial charge in [0.15, 0.2) is 11.6 Å². The molecule has 0 aliphatic carbocycles. The molecule has 0 saturated carbocycles. The third kappa shape index (κ3) is 6.85. The van der Waals surface area contributed by atoms with Crippen molar-refractivity contribution in [3.63, 3.8) is 0 Å². The fourth-order valence-electron chi connectivity index (χ4n) is 2.14. The van der Waals surface area contributed by atoms with Crippen LogP contribution in [0.2, 0.25) is 0 Å². The molecule has 3 heterocycles. The first kappa shape index (κ1) is 39.2. The SMILES string of the molecule is C.C.C.C.C.C.Fc1c(F)c(=C2C=CC#S2)c2nsnc2c1=C1C=CC#S1.[Sn].[Sn]. The summed E-state index contributed by atoms with van der Waals surface area (Å²) in [5.74, 6) is -1.79. The van der Waals surface area contributed by atoms with Crippen molar-refractivity contribution in [2.45, 2.75) is 44.6 Å². The maximum absolute atomic E-state index is 14.6. The molecular weight excluding hydrogens is 640 g/mol. The van der Waals surface area contributed by atoms with Gasteiger partial charge in [-0.15, -0.1) is 0 Å². The molecule has 29 heavy (non-hydrogen) atoms. The minimum absolute atomic E-state index is 0. The predicted octanol–water partition coefficient (Wildman–Crippen LogP) is 5.77. The van der Waals surface area contributed by atoms with Crippen LogP contribution in [-0.2, 0) is 0 Å². The Morgan fingerprint density at radius 2 is 1.00 bits per heavy atom. The zero-order valence-electron chi connectivity index (χ0n) is 11.2. The van der Waals surface area contributed by atoms with E-state index in [9.17, 15) is 8.78 Å². The number of aromatic nitrogens is 2. The van der Waals surface area contributed by atoms with Crippen LogP contribution in [0.15, 0.2) is 24.3 Å². The van der Waals surface area contributed by atoms with E-state index in [0.29, 0.717) is 20.8 Å². The van der Waals surface area contributed by atoms with Crippen LogP contribution >= 0.6 is 34.1 Å². The Kier molecular flexibility index (Phi) is 22.2. The van der Waals surface area contributed by atoms with E-state index in [2.05, 4.69) is 19.1 Å². The maximum atomic E-state index is 14.6. The van der Waals surface area contributed by atoms with Crippen LogP contribution in [0.4, 0.5) is 8.78 Å². The quantitative estimate of drug-likeness (QED) is 0.334. The monoisotopic (exact) mass is 670 g/mol. The van der Waals surface area contributed by atoms with Gasteiger partial charge < -0.3 is 0 Å². The Balaban J connectivity index is -0.000000240.